The number of Topliss-reactive ketones (excluding diaryl/α,β-unsaturated/α-hetero) is 2. The zero-order valence-corrected chi connectivity index (χ0v) is 10.0. The van der Waals surface area contributed by atoms with Crippen molar-refractivity contribution < 1.29 is 14.3 Å². The summed E-state index contributed by atoms with van der Waals surface area (Å²) in [5.74, 6) is -0.466. The minimum atomic E-state index is -0.952. The molecule has 0 amide bonds. The second kappa shape index (κ2) is 2.85. The summed E-state index contributed by atoms with van der Waals surface area (Å²) in [5.41, 5.74) is -0.517. The monoisotopic (exact) mass is 229 g/mol. The number of carbonyl (C=O) groups is 2. The van der Waals surface area contributed by atoms with Crippen molar-refractivity contribution in [1.29, 1.82) is 0 Å². The maximum atomic E-state index is 12.5. The van der Waals surface area contributed by atoms with Crippen molar-refractivity contribution in [2.24, 2.45) is 11.3 Å². The summed E-state index contributed by atoms with van der Waals surface area (Å²) >= 11 is 0. The molecule has 1 saturated carbocycles. The number of benzene rings is 1. The quantitative estimate of drug-likeness (QED) is 0.738. The van der Waals surface area contributed by atoms with Crippen molar-refractivity contribution in [3.05, 3.63) is 35.4 Å². The number of hydrogen-bond acceptors (Lipinski definition) is 3. The van der Waals surface area contributed by atoms with Gasteiger partial charge in [0.2, 0.25) is 0 Å². The summed E-state index contributed by atoms with van der Waals surface area (Å²) < 4.78 is 5.42. The van der Waals surface area contributed by atoms with Crippen LogP contribution in [-0.4, -0.2) is 24.3 Å². The minimum absolute atomic E-state index is 0.0212. The number of rotatable bonds is 1. The van der Waals surface area contributed by atoms with Crippen LogP contribution < -0.4 is 0 Å². The first-order valence-electron chi connectivity index (χ1n) is 5.63. The SMILES string of the molecule is COC12C(=O)c3ccc[c]c3C(=O)C1C2(C)C. The first kappa shape index (κ1) is 10.7. The number of ether oxygens (including phenoxy) is 1. The van der Waals surface area contributed by atoms with Crippen LogP contribution in [0.1, 0.15) is 34.6 Å². The van der Waals surface area contributed by atoms with E-state index >= 15 is 0 Å². The Bertz CT molecular complexity index is 544. The summed E-state index contributed by atoms with van der Waals surface area (Å²) in [6, 6.07) is 7.95. The third kappa shape index (κ3) is 0.928. The van der Waals surface area contributed by atoms with Crippen LogP contribution in [0.2, 0.25) is 0 Å². The Balaban J connectivity index is 2.26. The van der Waals surface area contributed by atoms with E-state index in [9.17, 15) is 9.59 Å². The molecule has 1 radical (unpaired) electrons. The molecule has 1 aromatic rings. The maximum absolute atomic E-state index is 12.5. The first-order chi connectivity index (χ1) is 7.98. The van der Waals surface area contributed by atoms with Crippen LogP contribution in [-0.2, 0) is 4.74 Å². The number of ketones is 2. The Kier molecular flexibility index (Phi) is 1.79. The smallest absolute Gasteiger partial charge is 0.196 e. The molecule has 0 bridgehead atoms. The minimum Gasteiger partial charge on any atom is -0.369 e. The van der Waals surface area contributed by atoms with Crippen molar-refractivity contribution in [3.63, 3.8) is 0 Å². The molecule has 2 aliphatic rings. The van der Waals surface area contributed by atoms with Crippen molar-refractivity contribution in [1.82, 2.24) is 0 Å². The van der Waals surface area contributed by atoms with Gasteiger partial charge in [0.15, 0.2) is 11.6 Å². The fourth-order valence-electron chi connectivity index (χ4n) is 3.31. The molecule has 2 aliphatic carbocycles. The predicted octanol–water partition coefficient (Wildman–Crippen LogP) is 1.91. The number of hydrogen-bond donors (Lipinski definition) is 0. The second-order valence-corrected chi connectivity index (χ2v) is 5.25. The molecule has 0 N–H and O–H groups in total. The van der Waals surface area contributed by atoms with E-state index in [1.54, 1.807) is 18.2 Å². The zero-order valence-electron chi connectivity index (χ0n) is 10.0. The van der Waals surface area contributed by atoms with Crippen LogP contribution in [0.15, 0.2) is 18.2 Å². The molecule has 17 heavy (non-hydrogen) atoms. The molecule has 2 atom stereocenters. The third-order valence-electron chi connectivity index (χ3n) is 4.27. The normalized spacial score (nSPS) is 33.0. The number of fused-ring (bicyclic) bond motifs is 2. The van der Waals surface area contributed by atoms with Crippen molar-refractivity contribution in [2.75, 3.05) is 7.11 Å². The zero-order chi connectivity index (χ0) is 12.4. The highest BCUT2D eigenvalue weighted by molar-refractivity contribution is 6.23. The van der Waals surface area contributed by atoms with Crippen LogP contribution >= 0.6 is 0 Å². The Hall–Kier alpha value is -1.48. The highest BCUT2D eigenvalue weighted by atomic mass is 16.5. The average Bonchev–Trinajstić information content (AvgIpc) is 2.84. The summed E-state index contributed by atoms with van der Waals surface area (Å²) in [6.07, 6.45) is 0. The van der Waals surface area contributed by atoms with E-state index < -0.39 is 11.0 Å². The second-order valence-electron chi connectivity index (χ2n) is 5.25. The van der Waals surface area contributed by atoms with Crippen molar-refractivity contribution >= 4 is 11.6 Å². The summed E-state index contributed by atoms with van der Waals surface area (Å²) in [4.78, 5) is 24.8. The number of methoxy groups -OCH3 is 1. The van der Waals surface area contributed by atoms with Gasteiger partial charge >= 0.3 is 0 Å². The average molecular weight is 229 g/mol. The van der Waals surface area contributed by atoms with Crippen LogP contribution in [0, 0.1) is 17.4 Å². The van der Waals surface area contributed by atoms with Gasteiger partial charge in [0.25, 0.3) is 0 Å². The van der Waals surface area contributed by atoms with E-state index in [-0.39, 0.29) is 17.5 Å². The lowest BCUT2D eigenvalue weighted by Gasteiger charge is -2.21. The molecule has 87 valence electrons. The Labute approximate surface area is 99.8 Å². The molecule has 0 aliphatic heterocycles. The molecule has 2 unspecified atom stereocenters. The van der Waals surface area contributed by atoms with Gasteiger partial charge in [-0.05, 0) is 6.07 Å². The summed E-state index contributed by atoms with van der Waals surface area (Å²) in [5, 5.41) is 0. The van der Waals surface area contributed by atoms with Gasteiger partial charge < -0.3 is 4.74 Å². The molecule has 1 aromatic carbocycles. The lowest BCUT2D eigenvalue weighted by molar-refractivity contribution is 0.0313. The topological polar surface area (TPSA) is 43.4 Å². The third-order valence-corrected chi connectivity index (χ3v) is 4.27. The van der Waals surface area contributed by atoms with Gasteiger partial charge in [-0.3, -0.25) is 9.59 Å². The molecule has 1 fully saturated rings. The standard InChI is InChI=1S/C14H13O3/c1-13(2)11-10(15)8-6-4-5-7-9(8)12(16)14(11,13)17-3/h4-5,7,11H,1-3H3. The van der Waals surface area contributed by atoms with Gasteiger partial charge in [0.05, 0.1) is 5.92 Å². The molecule has 3 nitrogen and oxygen atoms in total. The van der Waals surface area contributed by atoms with Gasteiger partial charge in [0, 0.05) is 23.7 Å². The largest absolute Gasteiger partial charge is 0.369 e. The van der Waals surface area contributed by atoms with Crippen LogP contribution in [0.25, 0.3) is 0 Å². The molecule has 0 aromatic heterocycles. The Morgan fingerprint density at radius 1 is 1.35 bits per heavy atom. The fourth-order valence-corrected chi connectivity index (χ4v) is 3.31. The molecular formula is C14H13O3. The van der Waals surface area contributed by atoms with Gasteiger partial charge in [-0.1, -0.05) is 32.0 Å². The molecule has 3 rings (SSSR count). The van der Waals surface area contributed by atoms with E-state index in [0.717, 1.165) is 0 Å². The molecule has 3 heteroatoms. The van der Waals surface area contributed by atoms with Gasteiger partial charge in [-0.2, -0.15) is 0 Å². The Morgan fingerprint density at radius 3 is 2.71 bits per heavy atom. The Morgan fingerprint density at radius 2 is 2.06 bits per heavy atom. The number of carbonyl (C=O) groups excluding carboxylic acids is 2. The summed E-state index contributed by atoms with van der Waals surface area (Å²) in [7, 11) is 1.50. The van der Waals surface area contributed by atoms with Gasteiger partial charge in [0.1, 0.15) is 5.60 Å². The van der Waals surface area contributed by atoms with Crippen molar-refractivity contribution in [3.8, 4) is 0 Å². The summed E-state index contributed by atoms with van der Waals surface area (Å²) in [6.45, 7) is 3.81. The van der Waals surface area contributed by atoms with Gasteiger partial charge in [-0.25, -0.2) is 0 Å². The molecular weight excluding hydrogens is 216 g/mol. The highest BCUT2D eigenvalue weighted by Gasteiger charge is 2.81. The van der Waals surface area contributed by atoms with Crippen LogP contribution in [0.5, 0.6) is 0 Å². The first-order valence-corrected chi connectivity index (χ1v) is 5.63. The van der Waals surface area contributed by atoms with Crippen LogP contribution in [0.3, 0.4) is 0 Å². The van der Waals surface area contributed by atoms with E-state index in [2.05, 4.69) is 6.07 Å². The van der Waals surface area contributed by atoms with E-state index in [1.807, 2.05) is 13.8 Å². The fraction of sp³-hybridized carbons (Fsp3) is 0.429. The van der Waals surface area contributed by atoms with E-state index in [0.29, 0.717) is 11.1 Å². The molecule has 0 spiro atoms. The predicted molar refractivity (Wildman–Crippen MR) is 61.0 cm³/mol. The molecule has 0 heterocycles. The van der Waals surface area contributed by atoms with E-state index in [4.69, 9.17) is 4.74 Å². The van der Waals surface area contributed by atoms with E-state index in [1.165, 1.54) is 7.11 Å². The highest BCUT2D eigenvalue weighted by Crippen LogP contribution is 2.67. The van der Waals surface area contributed by atoms with Gasteiger partial charge in [-0.15, -0.1) is 0 Å². The lowest BCUT2D eigenvalue weighted by Crippen LogP contribution is -2.37. The van der Waals surface area contributed by atoms with Crippen molar-refractivity contribution in [2.45, 2.75) is 19.4 Å². The maximum Gasteiger partial charge on any atom is 0.196 e. The van der Waals surface area contributed by atoms with Crippen LogP contribution in [0.4, 0.5) is 0 Å². The lowest BCUT2D eigenvalue weighted by atomic mass is 9.87. The molecule has 0 saturated heterocycles.